The molecular weight excluding hydrogens is 468 g/mol. The van der Waals surface area contributed by atoms with E-state index in [0.717, 1.165) is 31.2 Å². The smallest absolute Gasteiger partial charge is 0.321 e. The first-order chi connectivity index (χ1) is 17.0. The van der Waals surface area contributed by atoms with Gasteiger partial charge in [-0.3, -0.25) is 4.79 Å². The minimum Gasteiger partial charge on any atom is -0.497 e. The molecule has 1 saturated heterocycles. The third kappa shape index (κ3) is 6.25. The van der Waals surface area contributed by atoms with Gasteiger partial charge in [-0.15, -0.1) is 0 Å². The molecule has 3 N–H and O–H groups in total. The van der Waals surface area contributed by atoms with Crippen LogP contribution in [-0.2, 0) is 11.3 Å². The van der Waals surface area contributed by atoms with E-state index in [9.17, 15) is 9.59 Å². The van der Waals surface area contributed by atoms with Crippen LogP contribution in [0.2, 0.25) is 5.02 Å². The number of urea groups is 1. The summed E-state index contributed by atoms with van der Waals surface area (Å²) >= 11 is 6.57. The molecule has 8 nitrogen and oxygen atoms in total. The Morgan fingerprint density at radius 2 is 1.86 bits per heavy atom. The van der Waals surface area contributed by atoms with Crippen LogP contribution in [0.3, 0.4) is 0 Å². The quantitative estimate of drug-likeness (QED) is 0.621. The van der Waals surface area contributed by atoms with E-state index in [1.807, 2.05) is 11.0 Å². The molecule has 1 heterocycles. The van der Waals surface area contributed by atoms with Gasteiger partial charge in [-0.1, -0.05) is 24.4 Å². The largest absolute Gasteiger partial charge is 0.497 e. The van der Waals surface area contributed by atoms with E-state index in [2.05, 4.69) is 5.32 Å². The fraction of sp³-hybridized carbons (Fsp3) is 0.462. The summed E-state index contributed by atoms with van der Waals surface area (Å²) in [6, 6.07) is 12.1. The van der Waals surface area contributed by atoms with E-state index in [-0.39, 0.29) is 24.0 Å². The van der Waals surface area contributed by atoms with Gasteiger partial charge in [0.05, 0.1) is 20.3 Å². The maximum atomic E-state index is 13.7. The monoisotopic (exact) mass is 500 g/mol. The van der Waals surface area contributed by atoms with Gasteiger partial charge in [-0.25, -0.2) is 4.79 Å². The highest BCUT2D eigenvalue weighted by molar-refractivity contribution is 6.31. The third-order valence-corrected chi connectivity index (χ3v) is 7.08. The molecule has 3 amide bonds. The molecule has 0 spiro atoms. The summed E-state index contributed by atoms with van der Waals surface area (Å²) in [5, 5.41) is 3.48. The number of methoxy groups -OCH3 is 1. The zero-order valence-electron chi connectivity index (χ0n) is 20.0. The van der Waals surface area contributed by atoms with E-state index in [1.54, 1.807) is 48.4 Å². The van der Waals surface area contributed by atoms with Gasteiger partial charge in [0.25, 0.3) is 5.91 Å². The summed E-state index contributed by atoms with van der Waals surface area (Å²) in [5.41, 5.74) is 8.44. The Labute approximate surface area is 211 Å². The normalized spacial score (nSPS) is 20.3. The number of hydrogen-bond donors (Lipinski definition) is 2. The summed E-state index contributed by atoms with van der Waals surface area (Å²) in [6.45, 7) is 2.46. The van der Waals surface area contributed by atoms with E-state index in [0.29, 0.717) is 54.9 Å². The first-order valence-electron chi connectivity index (χ1n) is 12.1. The molecule has 1 aliphatic heterocycles. The van der Waals surface area contributed by atoms with Crippen LogP contribution < -0.4 is 15.8 Å². The highest BCUT2D eigenvalue weighted by atomic mass is 35.5. The molecule has 4 rings (SSSR count). The van der Waals surface area contributed by atoms with Crippen LogP contribution in [-0.4, -0.2) is 67.2 Å². The van der Waals surface area contributed by atoms with Gasteiger partial charge in [0.15, 0.2) is 0 Å². The van der Waals surface area contributed by atoms with Gasteiger partial charge in [0.1, 0.15) is 5.75 Å². The fourth-order valence-corrected chi connectivity index (χ4v) is 4.87. The molecule has 2 unspecified atom stereocenters. The zero-order chi connectivity index (χ0) is 24.8. The van der Waals surface area contributed by atoms with Crippen LogP contribution in [0.1, 0.15) is 41.6 Å². The van der Waals surface area contributed by atoms with Crippen molar-refractivity contribution < 1.29 is 19.1 Å². The summed E-state index contributed by atoms with van der Waals surface area (Å²) in [7, 11) is 1.59. The molecule has 2 aromatic carbocycles. The number of morpholine rings is 1. The van der Waals surface area contributed by atoms with Gasteiger partial charge in [0, 0.05) is 48.0 Å². The average Bonchev–Trinajstić information content (AvgIpc) is 2.89. The number of anilines is 1. The highest BCUT2D eigenvalue weighted by Crippen LogP contribution is 2.29. The molecule has 1 aliphatic carbocycles. The van der Waals surface area contributed by atoms with Crippen LogP contribution >= 0.6 is 11.6 Å². The molecule has 9 heteroatoms. The van der Waals surface area contributed by atoms with Crippen molar-refractivity contribution in [3.05, 3.63) is 58.6 Å². The standard InChI is InChI=1S/C26H33ClN4O4/c1-34-21-9-6-18(7-10-21)25(32)31(24-5-3-2-4-23(24)28)17-19-16-20(8-11-22(19)27)29-26(33)30-12-14-35-15-13-30/h6-11,16,23-24H,2-5,12-15,17,28H2,1H3,(H,29,33). The first-order valence-corrected chi connectivity index (χ1v) is 12.5. The number of amides is 3. The van der Waals surface area contributed by atoms with Crippen molar-refractivity contribution in [1.29, 1.82) is 0 Å². The Hall–Kier alpha value is -2.81. The Morgan fingerprint density at radius 1 is 1.14 bits per heavy atom. The minimum absolute atomic E-state index is 0.0963. The second-order valence-electron chi connectivity index (χ2n) is 9.01. The van der Waals surface area contributed by atoms with E-state index in [1.165, 1.54) is 0 Å². The number of hydrogen-bond acceptors (Lipinski definition) is 5. The predicted octanol–water partition coefficient (Wildman–Crippen LogP) is 4.13. The van der Waals surface area contributed by atoms with Crippen molar-refractivity contribution in [3.63, 3.8) is 0 Å². The Balaban J connectivity index is 1.57. The summed E-state index contributed by atoms with van der Waals surface area (Å²) in [6.07, 6.45) is 3.80. The average molecular weight is 501 g/mol. The van der Waals surface area contributed by atoms with Crippen molar-refractivity contribution in [2.45, 2.75) is 44.3 Å². The van der Waals surface area contributed by atoms with Crippen LogP contribution in [0.25, 0.3) is 0 Å². The molecule has 188 valence electrons. The molecule has 35 heavy (non-hydrogen) atoms. The molecule has 0 radical (unpaired) electrons. The fourth-order valence-electron chi connectivity index (χ4n) is 4.69. The van der Waals surface area contributed by atoms with Crippen molar-refractivity contribution in [2.24, 2.45) is 5.73 Å². The van der Waals surface area contributed by atoms with E-state index < -0.39 is 0 Å². The molecule has 0 aromatic heterocycles. The number of nitrogens with one attached hydrogen (secondary N) is 1. The predicted molar refractivity (Wildman–Crippen MR) is 136 cm³/mol. The van der Waals surface area contributed by atoms with Crippen LogP contribution in [0.4, 0.5) is 10.5 Å². The van der Waals surface area contributed by atoms with Crippen molar-refractivity contribution >= 4 is 29.2 Å². The molecule has 2 fully saturated rings. The van der Waals surface area contributed by atoms with Crippen molar-refractivity contribution in [1.82, 2.24) is 9.80 Å². The number of ether oxygens (including phenoxy) is 2. The van der Waals surface area contributed by atoms with Crippen LogP contribution in [0.5, 0.6) is 5.75 Å². The number of nitrogens with two attached hydrogens (primary N) is 1. The topological polar surface area (TPSA) is 97.1 Å². The van der Waals surface area contributed by atoms with Gasteiger partial charge in [0.2, 0.25) is 0 Å². The second kappa shape index (κ2) is 11.7. The molecule has 1 saturated carbocycles. The molecule has 2 aromatic rings. The number of benzene rings is 2. The molecule has 2 atom stereocenters. The minimum atomic E-state index is -0.179. The number of carbonyl (C=O) groups excluding carboxylic acids is 2. The SMILES string of the molecule is COc1ccc(C(=O)N(Cc2cc(NC(=O)N3CCOCC3)ccc2Cl)C2CCCCC2N)cc1. The van der Waals surface area contributed by atoms with Gasteiger partial charge in [-0.2, -0.15) is 0 Å². The van der Waals surface area contributed by atoms with Gasteiger partial charge < -0.3 is 30.3 Å². The summed E-state index contributed by atoms with van der Waals surface area (Å²) < 4.78 is 10.6. The Bertz CT molecular complexity index is 1030. The maximum absolute atomic E-state index is 13.7. The molecule has 2 aliphatic rings. The van der Waals surface area contributed by atoms with Gasteiger partial charge >= 0.3 is 6.03 Å². The lowest BCUT2D eigenvalue weighted by atomic mass is 9.89. The van der Waals surface area contributed by atoms with Crippen LogP contribution in [0.15, 0.2) is 42.5 Å². The van der Waals surface area contributed by atoms with E-state index in [4.69, 9.17) is 26.8 Å². The van der Waals surface area contributed by atoms with Crippen molar-refractivity contribution in [3.8, 4) is 5.75 Å². The third-order valence-electron chi connectivity index (χ3n) is 6.72. The summed E-state index contributed by atoms with van der Waals surface area (Å²) in [5.74, 6) is 0.586. The Morgan fingerprint density at radius 3 is 2.54 bits per heavy atom. The number of nitrogens with zero attached hydrogens (tertiary/aromatic N) is 2. The molecule has 0 bridgehead atoms. The van der Waals surface area contributed by atoms with Crippen molar-refractivity contribution in [2.75, 3.05) is 38.7 Å². The number of rotatable bonds is 6. The zero-order valence-corrected chi connectivity index (χ0v) is 20.8. The summed E-state index contributed by atoms with van der Waals surface area (Å²) in [4.78, 5) is 29.9. The first kappa shape index (κ1) is 25.3. The number of halogens is 1. The second-order valence-corrected chi connectivity index (χ2v) is 9.42. The Kier molecular flexibility index (Phi) is 8.49. The lowest BCUT2D eigenvalue weighted by molar-refractivity contribution is 0.0564. The van der Waals surface area contributed by atoms with Crippen LogP contribution in [0, 0.1) is 0 Å². The lowest BCUT2D eigenvalue weighted by Gasteiger charge is -2.38. The van der Waals surface area contributed by atoms with E-state index >= 15 is 0 Å². The maximum Gasteiger partial charge on any atom is 0.321 e. The molecular formula is C26H33ClN4O4. The number of carbonyl (C=O) groups is 2. The van der Waals surface area contributed by atoms with Gasteiger partial charge in [-0.05, 0) is 60.9 Å². The highest BCUT2D eigenvalue weighted by Gasteiger charge is 2.32. The lowest BCUT2D eigenvalue weighted by Crippen LogP contribution is -2.51.